The van der Waals surface area contributed by atoms with Gasteiger partial charge in [0, 0.05) is 29.5 Å². The minimum Gasteiger partial charge on any atom is -0.399 e. The summed E-state index contributed by atoms with van der Waals surface area (Å²) in [5.41, 5.74) is 10.0. The van der Waals surface area contributed by atoms with E-state index in [1.165, 1.54) is 16.5 Å². The molecule has 0 saturated carbocycles. The Morgan fingerprint density at radius 1 is 0.909 bits per heavy atom. The first-order valence-corrected chi connectivity index (χ1v) is 7.40. The standard InChI is InChI=1S/C19H17N3/c20-15-7-9-16(10-8-15)22-13-3-12-21-19-17-5-2-1-4-14(17)6-11-18(19)22/h1-11,13,21H,12,20H2. The molecular weight excluding hydrogens is 270 g/mol. The van der Waals surface area contributed by atoms with Gasteiger partial charge in [-0.1, -0.05) is 30.3 Å². The molecule has 108 valence electrons. The maximum Gasteiger partial charge on any atom is 0.0694 e. The van der Waals surface area contributed by atoms with E-state index in [1.54, 1.807) is 0 Å². The molecule has 0 amide bonds. The van der Waals surface area contributed by atoms with Gasteiger partial charge in [0.05, 0.1) is 11.4 Å². The molecule has 0 aromatic heterocycles. The van der Waals surface area contributed by atoms with Crippen LogP contribution < -0.4 is 16.0 Å². The SMILES string of the molecule is Nc1ccc(N2C=CCNc3c2ccc2ccccc32)cc1. The van der Waals surface area contributed by atoms with Crippen LogP contribution in [0.1, 0.15) is 0 Å². The number of nitrogens with zero attached hydrogens (tertiary/aromatic N) is 1. The van der Waals surface area contributed by atoms with Crippen molar-refractivity contribution >= 4 is 33.5 Å². The molecule has 0 unspecified atom stereocenters. The van der Waals surface area contributed by atoms with Crippen LogP contribution in [0, 0.1) is 0 Å². The van der Waals surface area contributed by atoms with Crippen LogP contribution in [-0.2, 0) is 0 Å². The third kappa shape index (κ3) is 2.07. The molecule has 0 radical (unpaired) electrons. The van der Waals surface area contributed by atoms with Crippen molar-refractivity contribution in [2.75, 3.05) is 22.5 Å². The van der Waals surface area contributed by atoms with E-state index in [9.17, 15) is 0 Å². The second-order valence-electron chi connectivity index (χ2n) is 5.41. The Labute approximate surface area is 129 Å². The number of hydrogen-bond donors (Lipinski definition) is 2. The van der Waals surface area contributed by atoms with Gasteiger partial charge in [-0.15, -0.1) is 0 Å². The summed E-state index contributed by atoms with van der Waals surface area (Å²) in [4.78, 5) is 2.20. The van der Waals surface area contributed by atoms with Crippen LogP contribution in [0.2, 0.25) is 0 Å². The smallest absolute Gasteiger partial charge is 0.0694 e. The highest BCUT2D eigenvalue weighted by atomic mass is 15.1. The molecule has 0 spiro atoms. The van der Waals surface area contributed by atoms with Gasteiger partial charge < -0.3 is 16.0 Å². The number of rotatable bonds is 1. The van der Waals surface area contributed by atoms with Crippen LogP contribution in [0.5, 0.6) is 0 Å². The molecule has 3 heteroatoms. The third-order valence-corrected chi connectivity index (χ3v) is 3.99. The summed E-state index contributed by atoms with van der Waals surface area (Å²) in [6.07, 6.45) is 4.24. The van der Waals surface area contributed by atoms with E-state index in [0.717, 1.165) is 23.6 Å². The monoisotopic (exact) mass is 287 g/mol. The zero-order chi connectivity index (χ0) is 14.9. The summed E-state index contributed by atoms with van der Waals surface area (Å²) < 4.78 is 0. The Balaban J connectivity index is 1.92. The maximum atomic E-state index is 5.81. The Bertz CT molecular complexity index is 850. The van der Waals surface area contributed by atoms with Gasteiger partial charge in [-0.25, -0.2) is 0 Å². The molecular formula is C19H17N3. The molecule has 0 atom stereocenters. The zero-order valence-corrected chi connectivity index (χ0v) is 12.2. The van der Waals surface area contributed by atoms with Crippen LogP contribution in [0.25, 0.3) is 10.8 Å². The fraction of sp³-hybridized carbons (Fsp3) is 0.0526. The highest BCUT2D eigenvalue weighted by Crippen LogP contribution is 2.39. The average molecular weight is 287 g/mol. The molecule has 0 fully saturated rings. The summed E-state index contributed by atoms with van der Waals surface area (Å²) in [5.74, 6) is 0. The van der Waals surface area contributed by atoms with Gasteiger partial charge in [-0.05, 0) is 41.8 Å². The second kappa shape index (κ2) is 5.11. The number of hydrogen-bond acceptors (Lipinski definition) is 3. The van der Waals surface area contributed by atoms with Crippen molar-refractivity contribution in [3.8, 4) is 0 Å². The van der Waals surface area contributed by atoms with Crippen LogP contribution >= 0.6 is 0 Å². The lowest BCUT2D eigenvalue weighted by Crippen LogP contribution is -2.09. The Morgan fingerprint density at radius 3 is 2.59 bits per heavy atom. The number of nitrogens with two attached hydrogens (primary N) is 1. The molecule has 1 aliphatic heterocycles. The second-order valence-corrected chi connectivity index (χ2v) is 5.41. The number of benzene rings is 3. The quantitative estimate of drug-likeness (QED) is 0.647. The van der Waals surface area contributed by atoms with E-state index in [-0.39, 0.29) is 0 Å². The average Bonchev–Trinajstić information content (AvgIpc) is 2.78. The summed E-state index contributed by atoms with van der Waals surface area (Å²) >= 11 is 0. The third-order valence-electron chi connectivity index (χ3n) is 3.99. The molecule has 0 saturated heterocycles. The van der Waals surface area contributed by atoms with Gasteiger partial charge >= 0.3 is 0 Å². The van der Waals surface area contributed by atoms with Gasteiger partial charge in [-0.3, -0.25) is 0 Å². The predicted octanol–water partition coefficient (Wildman–Crippen LogP) is 4.50. The Kier molecular flexibility index (Phi) is 2.97. The summed E-state index contributed by atoms with van der Waals surface area (Å²) in [6, 6.07) is 20.7. The van der Waals surface area contributed by atoms with Crippen molar-refractivity contribution in [2.24, 2.45) is 0 Å². The molecule has 4 rings (SSSR count). The fourth-order valence-electron chi connectivity index (χ4n) is 2.91. The number of anilines is 4. The Hall–Kier alpha value is -2.94. The van der Waals surface area contributed by atoms with Crippen LogP contribution in [-0.4, -0.2) is 6.54 Å². The topological polar surface area (TPSA) is 41.3 Å². The highest BCUT2D eigenvalue weighted by Gasteiger charge is 2.15. The summed E-state index contributed by atoms with van der Waals surface area (Å²) in [5, 5.41) is 6.01. The maximum absolute atomic E-state index is 5.81. The fourth-order valence-corrected chi connectivity index (χ4v) is 2.91. The zero-order valence-electron chi connectivity index (χ0n) is 12.2. The molecule has 3 aromatic rings. The van der Waals surface area contributed by atoms with Crippen LogP contribution in [0.3, 0.4) is 0 Å². The van der Waals surface area contributed by atoms with Crippen molar-refractivity contribution in [1.82, 2.24) is 0 Å². The first-order chi connectivity index (χ1) is 10.8. The first-order valence-electron chi connectivity index (χ1n) is 7.40. The molecule has 3 nitrogen and oxygen atoms in total. The van der Waals surface area contributed by atoms with Crippen molar-refractivity contribution in [1.29, 1.82) is 0 Å². The normalized spacial score (nSPS) is 13.5. The first kappa shape index (κ1) is 12.8. The van der Waals surface area contributed by atoms with Crippen molar-refractivity contribution in [3.63, 3.8) is 0 Å². The predicted molar refractivity (Wildman–Crippen MR) is 94.6 cm³/mol. The van der Waals surface area contributed by atoms with E-state index in [0.29, 0.717) is 0 Å². The van der Waals surface area contributed by atoms with E-state index >= 15 is 0 Å². The van der Waals surface area contributed by atoms with E-state index in [2.05, 4.69) is 58.9 Å². The number of nitrogens with one attached hydrogen (secondary N) is 1. The molecule has 0 aliphatic carbocycles. The summed E-state index contributed by atoms with van der Waals surface area (Å²) in [6.45, 7) is 0.812. The van der Waals surface area contributed by atoms with E-state index in [4.69, 9.17) is 5.73 Å². The van der Waals surface area contributed by atoms with Gasteiger partial charge in [-0.2, -0.15) is 0 Å². The number of nitrogen functional groups attached to an aromatic ring is 1. The van der Waals surface area contributed by atoms with Crippen molar-refractivity contribution < 1.29 is 0 Å². The lowest BCUT2D eigenvalue weighted by atomic mass is 10.1. The van der Waals surface area contributed by atoms with Crippen LogP contribution in [0.4, 0.5) is 22.7 Å². The molecule has 0 bridgehead atoms. The van der Waals surface area contributed by atoms with Gasteiger partial charge in [0.1, 0.15) is 0 Å². The molecule has 1 heterocycles. The largest absolute Gasteiger partial charge is 0.399 e. The lowest BCUT2D eigenvalue weighted by molar-refractivity contribution is 1.30. The molecule has 3 aromatic carbocycles. The molecule has 3 N–H and O–H groups in total. The number of fused-ring (bicyclic) bond motifs is 3. The molecule has 1 aliphatic rings. The van der Waals surface area contributed by atoms with Gasteiger partial charge in [0.25, 0.3) is 0 Å². The minimum absolute atomic E-state index is 0.777. The lowest BCUT2D eigenvalue weighted by Gasteiger charge is -2.23. The van der Waals surface area contributed by atoms with Crippen LogP contribution in [0.15, 0.2) is 72.9 Å². The van der Waals surface area contributed by atoms with Gasteiger partial charge in [0.2, 0.25) is 0 Å². The van der Waals surface area contributed by atoms with Gasteiger partial charge in [0.15, 0.2) is 0 Å². The Morgan fingerprint density at radius 2 is 1.73 bits per heavy atom. The highest BCUT2D eigenvalue weighted by molar-refractivity contribution is 6.02. The van der Waals surface area contributed by atoms with E-state index in [1.807, 2.05) is 24.3 Å². The minimum atomic E-state index is 0.777. The summed E-state index contributed by atoms with van der Waals surface area (Å²) in [7, 11) is 0. The van der Waals surface area contributed by atoms with Crippen molar-refractivity contribution in [2.45, 2.75) is 0 Å². The van der Waals surface area contributed by atoms with Crippen molar-refractivity contribution in [3.05, 3.63) is 72.9 Å². The molecule has 22 heavy (non-hydrogen) atoms. The van der Waals surface area contributed by atoms with E-state index < -0.39 is 0 Å².